The number of aromatic nitrogens is 3. The van der Waals surface area contributed by atoms with Gasteiger partial charge in [0.2, 0.25) is 0 Å². The van der Waals surface area contributed by atoms with E-state index in [4.69, 9.17) is 9.47 Å². The molecule has 0 aliphatic rings. The van der Waals surface area contributed by atoms with Gasteiger partial charge in [0.05, 0.1) is 20.0 Å². The van der Waals surface area contributed by atoms with Gasteiger partial charge in [0, 0.05) is 11.3 Å². The zero-order valence-electron chi connectivity index (χ0n) is 14.2. The third kappa shape index (κ3) is 3.80. The van der Waals surface area contributed by atoms with Gasteiger partial charge in [0.25, 0.3) is 0 Å². The van der Waals surface area contributed by atoms with Crippen molar-refractivity contribution in [3.63, 3.8) is 0 Å². The summed E-state index contributed by atoms with van der Waals surface area (Å²) in [6.07, 6.45) is 0. The maximum absolute atomic E-state index is 11.5. The molecule has 0 saturated heterocycles. The summed E-state index contributed by atoms with van der Waals surface area (Å²) in [7, 11) is 2.95. The molecule has 2 aromatic carbocycles. The molecular formula is C18H17N3O4S. The third-order valence-electron chi connectivity index (χ3n) is 3.64. The summed E-state index contributed by atoms with van der Waals surface area (Å²) in [5, 5.41) is 18.6. The number of carbonyl (C=O) groups is 1. The molecule has 0 amide bonds. The molecule has 0 unspecified atom stereocenters. The van der Waals surface area contributed by atoms with Crippen LogP contribution < -0.4 is 4.74 Å². The number of ether oxygens (including phenoxy) is 2. The Kier molecular flexibility index (Phi) is 5.43. The molecule has 1 aromatic heterocycles. The molecule has 0 bridgehead atoms. The molecule has 0 aliphatic heterocycles. The maximum Gasteiger partial charge on any atom is 0.316 e. The van der Waals surface area contributed by atoms with Gasteiger partial charge in [-0.2, -0.15) is 0 Å². The van der Waals surface area contributed by atoms with Crippen molar-refractivity contribution >= 4 is 17.7 Å². The molecule has 8 heteroatoms. The minimum Gasteiger partial charge on any atom is -0.508 e. The van der Waals surface area contributed by atoms with Gasteiger partial charge >= 0.3 is 5.97 Å². The molecule has 134 valence electrons. The van der Waals surface area contributed by atoms with Gasteiger partial charge < -0.3 is 14.6 Å². The molecule has 1 N–H and O–H groups in total. The average Bonchev–Trinajstić information content (AvgIpc) is 3.10. The monoisotopic (exact) mass is 371 g/mol. The summed E-state index contributed by atoms with van der Waals surface area (Å²) in [5.41, 5.74) is 1.61. The Balaban J connectivity index is 2.04. The van der Waals surface area contributed by atoms with Crippen molar-refractivity contribution in [2.45, 2.75) is 5.16 Å². The topological polar surface area (TPSA) is 86.5 Å². The van der Waals surface area contributed by atoms with E-state index in [2.05, 4.69) is 10.2 Å². The Hall–Kier alpha value is -3.00. The van der Waals surface area contributed by atoms with Crippen molar-refractivity contribution < 1.29 is 19.4 Å². The van der Waals surface area contributed by atoms with E-state index in [1.54, 1.807) is 31.4 Å². The maximum atomic E-state index is 11.5. The van der Waals surface area contributed by atoms with Crippen LogP contribution in [0.15, 0.2) is 53.7 Å². The van der Waals surface area contributed by atoms with Crippen LogP contribution in [0, 0.1) is 0 Å². The molecule has 26 heavy (non-hydrogen) atoms. The van der Waals surface area contributed by atoms with Gasteiger partial charge in [0.15, 0.2) is 11.0 Å². The Morgan fingerprint density at radius 1 is 1.08 bits per heavy atom. The molecule has 0 atom stereocenters. The number of phenolic OH excluding ortho intramolecular Hbond substituents is 1. The van der Waals surface area contributed by atoms with Gasteiger partial charge in [-0.15, -0.1) is 10.2 Å². The summed E-state index contributed by atoms with van der Waals surface area (Å²) in [6, 6.07) is 14.1. The number of phenols is 1. The van der Waals surface area contributed by atoms with E-state index in [-0.39, 0.29) is 17.5 Å². The van der Waals surface area contributed by atoms with Crippen molar-refractivity contribution in [3.8, 4) is 28.6 Å². The van der Waals surface area contributed by atoms with Gasteiger partial charge in [-0.25, -0.2) is 0 Å². The fourth-order valence-electron chi connectivity index (χ4n) is 2.31. The van der Waals surface area contributed by atoms with Crippen molar-refractivity contribution in [3.05, 3.63) is 48.5 Å². The highest BCUT2D eigenvalue weighted by Crippen LogP contribution is 2.29. The van der Waals surface area contributed by atoms with E-state index in [9.17, 15) is 9.90 Å². The fraction of sp³-hybridized carbons (Fsp3) is 0.167. The number of aromatic hydroxyl groups is 1. The first kappa shape index (κ1) is 17.8. The number of rotatable bonds is 6. The molecule has 1 heterocycles. The predicted molar refractivity (Wildman–Crippen MR) is 97.8 cm³/mol. The number of carbonyl (C=O) groups excluding carboxylic acids is 1. The summed E-state index contributed by atoms with van der Waals surface area (Å²) in [6.45, 7) is 0. The van der Waals surface area contributed by atoms with E-state index in [0.29, 0.717) is 11.0 Å². The summed E-state index contributed by atoms with van der Waals surface area (Å²) < 4.78 is 11.7. The van der Waals surface area contributed by atoms with Gasteiger partial charge in [-0.05, 0) is 48.5 Å². The minimum absolute atomic E-state index is 0.125. The smallest absolute Gasteiger partial charge is 0.316 e. The van der Waals surface area contributed by atoms with Crippen LogP contribution in [0.2, 0.25) is 0 Å². The first-order valence-electron chi connectivity index (χ1n) is 7.71. The Labute approximate surface area is 154 Å². The highest BCUT2D eigenvalue weighted by atomic mass is 32.2. The van der Waals surface area contributed by atoms with E-state index >= 15 is 0 Å². The predicted octanol–water partition coefficient (Wildman–Crippen LogP) is 2.91. The highest BCUT2D eigenvalue weighted by molar-refractivity contribution is 7.99. The van der Waals surface area contributed by atoms with Crippen molar-refractivity contribution in [2.24, 2.45) is 0 Å². The summed E-state index contributed by atoms with van der Waals surface area (Å²) in [5.74, 6) is 1.29. The molecular weight excluding hydrogens is 354 g/mol. The first-order valence-corrected chi connectivity index (χ1v) is 8.70. The van der Waals surface area contributed by atoms with Gasteiger partial charge in [-0.3, -0.25) is 9.36 Å². The molecule has 3 aromatic rings. The molecule has 0 aliphatic carbocycles. The summed E-state index contributed by atoms with van der Waals surface area (Å²) in [4.78, 5) is 11.5. The summed E-state index contributed by atoms with van der Waals surface area (Å²) >= 11 is 1.24. The normalized spacial score (nSPS) is 10.5. The number of benzene rings is 2. The molecule has 0 spiro atoms. The number of hydrogen-bond donors (Lipinski definition) is 1. The molecule has 3 rings (SSSR count). The first-order chi connectivity index (χ1) is 12.6. The van der Waals surface area contributed by atoms with Crippen molar-refractivity contribution in [1.82, 2.24) is 14.8 Å². The number of methoxy groups -OCH3 is 2. The SMILES string of the molecule is COC(=O)CSc1nnc(-c2ccc(O)cc2)n1-c1ccc(OC)cc1. The zero-order chi connectivity index (χ0) is 18.5. The van der Waals surface area contributed by atoms with Crippen LogP contribution in [0.25, 0.3) is 17.1 Å². The van der Waals surface area contributed by atoms with Crippen molar-refractivity contribution in [2.75, 3.05) is 20.0 Å². The van der Waals surface area contributed by atoms with Crippen LogP contribution in [0.3, 0.4) is 0 Å². The number of esters is 1. The lowest BCUT2D eigenvalue weighted by Crippen LogP contribution is -2.05. The third-order valence-corrected chi connectivity index (χ3v) is 4.54. The highest BCUT2D eigenvalue weighted by Gasteiger charge is 2.17. The van der Waals surface area contributed by atoms with E-state index < -0.39 is 0 Å². The number of hydrogen-bond acceptors (Lipinski definition) is 7. The van der Waals surface area contributed by atoms with Crippen LogP contribution in [0.5, 0.6) is 11.5 Å². The molecule has 0 saturated carbocycles. The van der Waals surface area contributed by atoms with Crippen LogP contribution in [0.4, 0.5) is 0 Å². The second-order valence-electron chi connectivity index (χ2n) is 5.25. The van der Waals surface area contributed by atoms with Gasteiger partial charge in [-0.1, -0.05) is 11.8 Å². The average molecular weight is 371 g/mol. The van der Waals surface area contributed by atoms with Crippen LogP contribution >= 0.6 is 11.8 Å². The van der Waals surface area contributed by atoms with Crippen LogP contribution in [-0.4, -0.2) is 45.8 Å². The number of nitrogens with zero attached hydrogens (tertiary/aromatic N) is 3. The van der Waals surface area contributed by atoms with E-state index in [0.717, 1.165) is 17.0 Å². The standard InChI is InChI=1S/C18H17N3O4S/c1-24-15-9-5-13(6-10-15)21-17(12-3-7-14(22)8-4-12)19-20-18(21)26-11-16(23)25-2/h3-10,22H,11H2,1-2H3. The second-order valence-corrected chi connectivity index (χ2v) is 6.19. The minimum atomic E-state index is -0.342. The van der Waals surface area contributed by atoms with Crippen LogP contribution in [0.1, 0.15) is 0 Å². The molecule has 0 radical (unpaired) electrons. The van der Waals surface area contributed by atoms with E-state index in [1.165, 1.54) is 18.9 Å². The quantitative estimate of drug-likeness (QED) is 0.527. The lowest BCUT2D eigenvalue weighted by Gasteiger charge is -2.11. The fourth-order valence-corrected chi connectivity index (χ4v) is 3.09. The Bertz CT molecular complexity index is 892. The Morgan fingerprint density at radius 3 is 2.38 bits per heavy atom. The lowest BCUT2D eigenvalue weighted by molar-refractivity contribution is -0.137. The number of thioether (sulfide) groups is 1. The molecule has 7 nitrogen and oxygen atoms in total. The largest absolute Gasteiger partial charge is 0.508 e. The van der Waals surface area contributed by atoms with Crippen LogP contribution in [-0.2, 0) is 9.53 Å². The van der Waals surface area contributed by atoms with E-state index in [1.807, 2.05) is 28.8 Å². The second kappa shape index (κ2) is 7.92. The zero-order valence-corrected chi connectivity index (χ0v) is 15.1. The Morgan fingerprint density at radius 2 is 1.77 bits per heavy atom. The lowest BCUT2D eigenvalue weighted by atomic mass is 10.2. The molecule has 0 fully saturated rings. The van der Waals surface area contributed by atoms with Gasteiger partial charge in [0.1, 0.15) is 11.5 Å². The van der Waals surface area contributed by atoms with Crippen molar-refractivity contribution in [1.29, 1.82) is 0 Å².